The lowest BCUT2D eigenvalue weighted by atomic mass is 10.2. The molecule has 0 aliphatic heterocycles. The summed E-state index contributed by atoms with van der Waals surface area (Å²) in [6.07, 6.45) is 5.19. The summed E-state index contributed by atoms with van der Waals surface area (Å²) >= 11 is 4.86. The summed E-state index contributed by atoms with van der Waals surface area (Å²) in [6.45, 7) is 0.710. The lowest BCUT2D eigenvalue weighted by Gasteiger charge is -2.05. The largest absolute Gasteiger partial charge is 0.389 e. The lowest BCUT2D eigenvalue weighted by Crippen LogP contribution is -2.10. The van der Waals surface area contributed by atoms with Crippen LogP contribution in [0.1, 0.15) is 11.1 Å². The first kappa shape index (κ1) is 11.5. The van der Waals surface area contributed by atoms with E-state index in [1.54, 1.807) is 18.6 Å². The molecule has 0 saturated carbocycles. The molecule has 0 aliphatic rings. The van der Waals surface area contributed by atoms with Crippen molar-refractivity contribution in [2.45, 2.75) is 6.54 Å². The molecule has 2 rings (SSSR count). The summed E-state index contributed by atoms with van der Waals surface area (Å²) in [5, 5.41) is 3.20. The molecule has 0 amide bonds. The Hall–Kier alpha value is -2.01. The first-order valence-electron chi connectivity index (χ1n) is 5.14. The van der Waals surface area contributed by atoms with Crippen molar-refractivity contribution < 1.29 is 0 Å². The summed E-state index contributed by atoms with van der Waals surface area (Å²) in [6, 6.07) is 7.62. The molecule has 2 aromatic heterocycles. The van der Waals surface area contributed by atoms with Crippen molar-refractivity contribution in [1.29, 1.82) is 0 Å². The van der Waals surface area contributed by atoms with Crippen LogP contribution in [0.4, 0.5) is 5.82 Å². The van der Waals surface area contributed by atoms with E-state index in [0.29, 0.717) is 11.5 Å². The number of hydrogen-bond acceptors (Lipinski definition) is 4. The fraction of sp³-hybridized carbons (Fsp3) is 0.0833. The average molecular weight is 244 g/mol. The molecule has 0 aromatic carbocycles. The molecule has 0 fully saturated rings. The van der Waals surface area contributed by atoms with Crippen LogP contribution in [-0.4, -0.2) is 15.0 Å². The van der Waals surface area contributed by atoms with Crippen molar-refractivity contribution in [2.24, 2.45) is 5.73 Å². The molecule has 17 heavy (non-hydrogen) atoms. The number of pyridine rings is 2. The van der Waals surface area contributed by atoms with Gasteiger partial charge < -0.3 is 11.1 Å². The van der Waals surface area contributed by atoms with E-state index in [-0.39, 0.29) is 0 Å². The van der Waals surface area contributed by atoms with Crippen LogP contribution >= 0.6 is 12.2 Å². The molecule has 5 heteroatoms. The topological polar surface area (TPSA) is 63.8 Å². The van der Waals surface area contributed by atoms with Crippen LogP contribution in [0.5, 0.6) is 0 Å². The molecular weight excluding hydrogens is 232 g/mol. The first-order chi connectivity index (χ1) is 8.25. The van der Waals surface area contributed by atoms with Crippen LogP contribution in [0.3, 0.4) is 0 Å². The van der Waals surface area contributed by atoms with Gasteiger partial charge in [-0.3, -0.25) is 4.98 Å². The van der Waals surface area contributed by atoms with E-state index in [9.17, 15) is 0 Å². The molecular formula is C12H12N4S. The van der Waals surface area contributed by atoms with E-state index in [0.717, 1.165) is 16.9 Å². The molecule has 0 spiro atoms. The van der Waals surface area contributed by atoms with Gasteiger partial charge in [0.2, 0.25) is 0 Å². The monoisotopic (exact) mass is 244 g/mol. The predicted octanol–water partition coefficient (Wildman–Crippen LogP) is 1.72. The van der Waals surface area contributed by atoms with E-state index in [1.165, 1.54) is 0 Å². The highest BCUT2D eigenvalue weighted by molar-refractivity contribution is 7.80. The van der Waals surface area contributed by atoms with Crippen LogP contribution < -0.4 is 11.1 Å². The molecule has 2 heterocycles. The molecule has 0 atom stereocenters. The third-order valence-corrected chi connectivity index (χ3v) is 2.51. The molecule has 4 nitrogen and oxygen atoms in total. The molecule has 3 N–H and O–H groups in total. The van der Waals surface area contributed by atoms with E-state index in [1.807, 2.05) is 24.3 Å². The van der Waals surface area contributed by atoms with Crippen LogP contribution in [0.25, 0.3) is 0 Å². The summed E-state index contributed by atoms with van der Waals surface area (Å²) in [5.74, 6) is 0.793. The SMILES string of the molecule is NC(=S)c1ccc(NCc2ccncc2)nc1. The number of aromatic nitrogens is 2. The first-order valence-corrected chi connectivity index (χ1v) is 5.55. The van der Waals surface area contributed by atoms with Gasteiger partial charge in [-0.2, -0.15) is 0 Å². The van der Waals surface area contributed by atoms with Gasteiger partial charge in [-0.1, -0.05) is 12.2 Å². The Balaban J connectivity index is 1.98. The third-order valence-electron chi connectivity index (χ3n) is 2.27. The zero-order chi connectivity index (χ0) is 12.1. The fourth-order valence-electron chi connectivity index (χ4n) is 1.34. The number of hydrogen-bond donors (Lipinski definition) is 2. The average Bonchev–Trinajstić information content (AvgIpc) is 2.38. The minimum atomic E-state index is 0.359. The highest BCUT2D eigenvalue weighted by atomic mass is 32.1. The Labute approximate surface area is 105 Å². The Morgan fingerprint density at radius 3 is 2.59 bits per heavy atom. The number of nitrogens with zero attached hydrogens (tertiary/aromatic N) is 2. The van der Waals surface area contributed by atoms with Gasteiger partial charge in [0.1, 0.15) is 10.8 Å². The van der Waals surface area contributed by atoms with Crippen LogP contribution in [0.15, 0.2) is 42.9 Å². The normalized spacial score (nSPS) is 9.88. The molecule has 0 aliphatic carbocycles. The Morgan fingerprint density at radius 1 is 1.24 bits per heavy atom. The van der Waals surface area contributed by atoms with Gasteiger partial charge >= 0.3 is 0 Å². The molecule has 0 bridgehead atoms. The Morgan fingerprint density at radius 2 is 2.00 bits per heavy atom. The van der Waals surface area contributed by atoms with E-state index in [4.69, 9.17) is 18.0 Å². The molecule has 0 saturated heterocycles. The smallest absolute Gasteiger partial charge is 0.126 e. The minimum absolute atomic E-state index is 0.359. The van der Waals surface area contributed by atoms with Gasteiger partial charge in [-0.05, 0) is 29.8 Å². The van der Waals surface area contributed by atoms with E-state index < -0.39 is 0 Å². The highest BCUT2D eigenvalue weighted by Gasteiger charge is 1.98. The van der Waals surface area contributed by atoms with Crippen molar-refractivity contribution in [3.63, 3.8) is 0 Å². The Kier molecular flexibility index (Phi) is 3.62. The van der Waals surface area contributed by atoms with Gasteiger partial charge in [0.05, 0.1) is 0 Å². The van der Waals surface area contributed by atoms with Crippen molar-refractivity contribution >= 4 is 23.0 Å². The minimum Gasteiger partial charge on any atom is -0.389 e. The lowest BCUT2D eigenvalue weighted by molar-refractivity contribution is 1.10. The van der Waals surface area contributed by atoms with Gasteiger partial charge in [0, 0.05) is 30.7 Å². The number of thiocarbonyl (C=S) groups is 1. The zero-order valence-corrected chi connectivity index (χ0v) is 9.95. The third kappa shape index (κ3) is 3.22. The van der Waals surface area contributed by atoms with Crippen molar-refractivity contribution in [3.05, 3.63) is 54.0 Å². The number of rotatable bonds is 4. The maximum Gasteiger partial charge on any atom is 0.126 e. The zero-order valence-electron chi connectivity index (χ0n) is 9.13. The second-order valence-corrected chi connectivity index (χ2v) is 3.95. The van der Waals surface area contributed by atoms with Gasteiger partial charge in [0.15, 0.2) is 0 Å². The fourth-order valence-corrected chi connectivity index (χ4v) is 1.46. The maximum absolute atomic E-state index is 5.49. The van der Waals surface area contributed by atoms with Gasteiger partial charge in [0.25, 0.3) is 0 Å². The summed E-state index contributed by atoms with van der Waals surface area (Å²) in [4.78, 5) is 8.54. The van der Waals surface area contributed by atoms with Crippen LogP contribution in [0, 0.1) is 0 Å². The van der Waals surface area contributed by atoms with E-state index >= 15 is 0 Å². The second-order valence-electron chi connectivity index (χ2n) is 3.51. The summed E-state index contributed by atoms with van der Waals surface area (Å²) < 4.78 is 0. The van der Waals surface area contributed by atoms with Crippen LogP contribution in [-0.2, 0) is 6.54 Å². The summed E-state index contributed by atoms with van der Waals surface area (Å²) in [5.41, 5.74) is 7.42. The quantitative estimate of drug-likeness (QED) is 0.802. The summed E-state index contributed by atoms with van der Waals surface area (Å²) in [7, 11) is 0. The predicted molar refractivity (Wildman–Crippen MR) is 71.7 cm³/mol. The van der Waals surface area contributed by atoms with E-state index in [2.05, 4.69) is 15.3 Å². The molecule has 0 unspecified atom stereocenters. The standard InChI is InChI=1S/C12H12N4S/c13-12(17)10-1-2-11(16-8-10)15-7-9-3-5-14-6-4-9/h1-6,8H,7H2,(H2,13,17)(H,15,16). The van der Waals surface area contributed by atoms with Gasteiger partial charge in [-0.15, -0.1) is 0 Å². The molecule has 86 valence electrons. The van der Waals surface area contributed by atoms with Crippen LogP contribution in [0.2, 0.25) is 0 Å². The van der Waals surface area contributed by atoms with Gasteiger partial charge in [-0.25, -0.2) is 4.98 Å². The molecule has 0 radical (unpaired) electrons. The van der Waals surface area contributed by atoms with Crippen molar-refractivity contribution in [3.8, 4) is 0 Å². The number of anilines is 1. The van der Waals surface area contributed by atoms with Crippen molar-refractivity contribution in [2.75, 3.05) is 5.32 Å². The number of nitrogens with two attached hydrogens (primary N) is 1. The second kappa shape index (κ2) is 5.36. The maximum atomic E-state index is 5.49. The number of nitrogens with one attached hydrogen (secondary N) is 1. The highest BCUT2D eigenvalue weighted by Crippen LogP contribution is 2.07. The Bertz CT molecular complexity index is 496. The molecule has 2 aromatic rings. The van der Waals surface area contributed by atoms with Crippen molar-refractivity contribution in [1.82, 2.24) is 9.97 Å².